The Hall–Kier alpha value is -1.06. The summed E-state index contributed by atoms with van der Waals surface area (Å²) in [5, 5.41) is 3.63. The fourth-order valence-corrected chi connectivity index (χ4v) is 2.89. The van der Waals surface area contributed by atoms with Gasteiger partial charge in [0, 0.05) is 13.1 Å². The number of nitrogens with zero attached hydrogens (tertiary/aromatic N) is 1. The van der Waals surface area contributed by atoms with Crippen molar-refractivity contribution in [3.05, 3.63) is 29.3 Å². The third-order valence-corrected chi connectivity index (χ3v) is 4.53. The van der Waals surface area contributed by atoms with E-state index >= 15 is 0 Å². The average molecular weight is 276 g/mol. The number of likely N-dealkylation sites (tertiary alicyclic amines) is 1. The highest BCUT2D eigenvalue weighted by atomic mass is 16.5. The van der Waals surface area contributed by atoms with Gasteiger partial charge in [-0.2, -0.15) is 0 Å². The van der Waals surface area contributed by atoms with E-state index in [4.69, 9.17) is 4.74 Å². The molecular formula is C17H28N2O. The second kappa shape index (κ2) is 6.59. The van der Waals surface area contributed by atoms with Crippen LogP contribution in [0.15, 0.2) is 18.2 Å². The Morgan fingerprint density at radius 3 is 2.60 bits per heavy atom. The monoisotopic (exact) mass is 276 g/mol. The van der Waals surface area contributed by atoms with Gasteiger partial charge in [0.2, 0.25) is 0 Å². The maximum Gasteiger partial charge on any atom is 0.121 e. The molecule has 1 fully saturated rings. The first-order chi connectivity index (χ1) is 9.52. The van der Waals surface area contributed by atoms with Crippen molar-refractivity contribution in [1.82, 2.24) is 10.2 Å². The largest absolute Gasteiger partial charge is 0.496 e. The number of aryl methyl sites for hydroxylation is 1. The first-order valence-corrected chi connectivity index (χ1v) is 7.55. The van der Waals surface area contributed by atoms with Crippen LogP contribution in [-0.4, -0.2) is 38.7 Å². The molecule has 1 saturated heterocycles. The van der Waals surface area contributed by atoms with E-state index in [1.807, 2.05) is 0 Å². The first kappa shape index (κ1) is 15.3. The topological polar surface area (TPSA) is 24.5 Å². The third kappa shape index (κ3) is 3.97. The lowest BCUT2D eigenvalue weighted by atomic mass is 9.80. The summed E-state index contributed by atoms with van der Waals surface area (Å²) in [5.74, 6) is 0.969. The van der Waals surface area contributed by atoms with Gasteiger partial charge in [-0.3, -0.25) is 0 Å². The molecule has 1 heterocycles. The van der Waals surface area contributed by atoms with E-state index in [1.54, 1.807) is 7.11 Å². The number of nitrogens with one attached hydrogen (secondary N) is 1. The van der Waals surface area contributed by atoms with Crippen molar-refractivity contribution in [1.29, 1.82) is 0 Å². The second-order valence-electron chi connectivity index (χ2n) is 6.52. The molecule has 0 spiro atoms. The Morgan fingerprint density at radius 1 is 1.30 bits per heavy atom. The summed E-state index contributed by atoms with van der Waals surface area (Å²) in [6, 6.07) is 6.42. The maximum absolute atomic E-state index is 5.30. The van der Waals surface area contributed by atoms with Crippen LogP contribution in [0.25, 0.3) is 0 Å². The van der Waals surface area contributed by atoms with E-state index < -0.39 is 0 Å². The van der Waals surface area contributed by atoms with Crippen LogP contribution in [0, 0.1) is 12.3 Å². The highest BCUT2D eigenvalue weighted by Crippen LogP contribution is 2.29. The normalized spacial score (nSPS) is 19.0. The minimum absolute atomic E-state index is 0.452. The van der Waals surface area contributed by atoms with Gasteiger partial charge in [-0.1, -0.05) is 19.1 Å². The molecule has 0 aliphatic carbocycles. The lowest BCUT2D eigenvalue weighted by molar-refractivity contribution is 0.137. The standard InChI is InChI=1S/C17H28N2O/c1-14-11-15(5-6-16(14)20-4)12-18-13-17(2)7-9-19(3)10-8-17/h5-6,11,18H,7-10,12-13H2,1-4H3. The zero-order valence-electron chi connectivity index (χ0n) is 13.3. The van der Waals surface area contributed by atoms with Crippen LogP contribution < -0.4 is 10.1 Å². The van der Waals surface area contributed by atoms with Gasteiger partial charge in [0.05, 0.1) is 7.11 Å². The Morgan fingerprint density at radius 2 is 2.00 bits per heavy atom. The van der Waals surface area contributed by atoms with Gasteiger partial charge in [-0.25, -0.2) is 0 Å². The number of methoxy groups -OCH3 is 1. The molecule has 3 nitrogen and oxygen atoms in total. The van der Waals surface area contributed by atoms with Gasteiger partial charge in [0.15, 0.2) is 0 Å². The molecule has 0 saturated carbocycles. The molecule has 1 aromatic rings. The van der Waals surface area contributed by atoms with Crippen molar-refractivity contribution in [2.75, 3.05) is 33.8 Å². The Kier molecular flexibility index (Phi) is 5.06. The molecule has 1 aliphatic rings. The van der Waals surface area contributed by atoms with Crippen LogP contribution in [-0.2, 0) is 6.54 Å². The Labute approximate surface area is 123 Å². The molecule has 2 rings (SSSR count). The Bertz CT molecular complexity index is 437. The van der Waals surface area contributed by atoms with Gasteiger partial charge in [-0.15, -0.1) is 0 Å². The van der Waals surface area contributed by atoms with Crippen LogP contribution in [0.5, 0.6) is 5.75 Å². The van der Waals surface area contributed by atoms with E-state index in [1.165, 1.54) is 37.1 Å². The summed E-state index contributed by atoms with van der Waals surface area (Å²) in [6.45, 7) is 8.99. The number of hydrogen-bond acceptors (Lipinski definition) is 3. The summed E-state index contributed by atoms with van der Waals surface area (Å²) in [4.78, 5) is 2.43. The molecule has 0 unspecified atom stereocenters. The smallest absolute Gasteiger partial charge is 0.121 e. The molecule has 3 heteroatoms. The SMILES string of the molecule is COc1ccc(CNCC2(C)CCN(C)CC2)cc1C. The van der Waals surface area contributed by atoms with Gasteiger partial charge in [-0.05, 0) is 62.5 Å². The van der Waals surface area contributed by atoms with E-state index in [9.17, 15) is 0 Å². The maximum atomic E-state index is 5.30. The fourth-order valence-electron chi connectivity index (χ4n) is 2.89. The molecule has 0 aromatic heterocycles. The van der Waals surface area contributed by atoms with Crippen molar-refractivity contribution in [3.8, 4) is 5.75 Å². The quantitative estimate of drug-likeness (QED) is 0.895. The van der Waals surface area contributed by atoms with Crippen LogP contribution in [0.3, 0.4) is 0 Å². The Balaban J connectivity index is 1.82. The lowest BCUT2D eigenvalue weighted by Crippen LogP contribution is -2.41. The summed E-state index contributed by atoms with van der Waals surface area (Å²) in [5.41, 5.74) is 2.99. The molecule has 1 aromatic carbocycles. The molecule has 0 radical (unpaired) electrons. The second-order valence-corrected chi connectivity index (χ2v) is 6.52. The van der Waals surface area contributed by atoms with Gasteiger partial charge >= 0.3 is 0 Å². The number of ether oxygens (including phenoxy) is 1. The van der Waals surface area contributed by atoms with Crippen LogP contribution >= 0.6 is 0 Å². The highest BCUT2D eigenvalue weighted by molar-refractivity contribution is 5.36. The molecule has 1 N–H and O–H groups in total. The van der Waals surface area contributed by atoms with E-state index in [0.29, 0.717) is 5.41 Å². The number of rotatable bonds is 5. The predicted octanol–water partition coefficient (Wildman–Crippen LogP) is 2.83. The minimum Gasteiger partial charge on any atom is -0.496 e. The number of piperidine rings is 1. The number of benzene rings is 1. The molecule has 1 aliphatic heterocycles. The van der Waals surface area contributed by atoms with Crippen LogP contribution in [0.1, 0.15) is 30.9 Å². The van der Waals surface area contributed by atoms with Gasteiger partial charge in [0.25, 0.3) is 0 Å². The van der Waals surface area contributed by atoms with Crippen molar-refractivity contribution in [2.45, 2.75) is 33.2 Å². The minimum atomic E-state index is 0.452. The molecule has 0 amide bonds. The van der Waals surface area contributed by atoms with Crippen LogP contribution in [0.2, 0.25) is 0 Å². The first-order valence-electron chi connectivity index (χ1n) is 7.55. The molecule has 0 bridgehead atoms. The van der Waals surface area contributed by atoms with E-state index in [2.05, 4.69) is 49.3 Å². The molecule has 112 valence electrons. The highest BCUT2D eigenvalue weighted by Gasteiger charge is 2.28. The summed E-state index contributed by atoms with van der Waals surface area (Å²) >= 11 is 0. The predicted molar refractivity (Wildman–Crippen MR) is 84.3 cm³/mol. The van der Waals surface area contributed by atoms with Crippen molar-refractivity contribution < 1.29 is 4.74 Å². The van der Waals surface area contributed by atoms with Crippen molar-refractivity contribution >= 4 is 0 Å². The zero-order chi connectivity index (χ0) is 14.6. The fraction of sp³-hybridized carbons (Fsp3) is 0.647. The van der Waals surface area contributed by atoms with Crippen molar-refractivity contribution in [3.63, 3.8) is 0 Å². The summed E-state index contributed by atoms with van der Waals surface area (Å²) < 4.78 is 5.30. The summed E-state index contributed by atoms with van der Waals surface area (Å²) in [7, 11) is 3.94. The lowest BCUT2D eigenvalue weighted by Gasteiger charge is -2.38. The molecule has 20 heavy (non-hydrogen) atoms. The third-order valence-electron chi connectivity index (χ3n) is 4.53. The van der Waals surface area contributed by atoms with Gasteiger partial charge < -0.3 is 15.0 Å². The van der Waals surface area contributed by atoms with E-state index in [0.717, 1.165) is 18.8 Å². The average Bonchev–Trinajstić information content (AvgIpc) is 2.43. The molecular weight excluding hydrogens is 248 g/mol. The van der Waals surface area contributed by atoms with E-state index in [-0.39, 0.29) is 0 Å². The van der Waals surface area contributed by atoms with Gasteiger partial charge in [0.1, 0.15) is 5.75 Å². The molecule has 0 atom stereocenters. The van der Waals surface area contributed by atoms with Crippen molar-refractivity contribution in [2.24, 2.45) is 5.41 Å². The number of hydrogen-bond donors (Lipinski definition) is 1. The zero-order valence-corrected chi connectivity index (χ0v) is 13.3. The summed E-state index contributed by atoms with van der Waals surface area (Å²) in [6.07, 6.45) is 2.58. The van der Waals surface area contributed by atoms with Crippen LogP contribution in [0.4, 0.5) is 0 Å².